The molecule has 2 bridgehead atoms. The van der Waals surface area contributed by atoms with Crippen LogP contribution in [0.25, 0.3) is 33.3 Å². The minimum atomic E-state index is 0.0287. The van der Waals surface area contributed by atoms with Crippen LogP contribution in [0, 0.1) is 0 Å². The van der Waals surface area contributed by atoms with E-state index in [4.69, 9.17) is 4.98 Å². The lowest BCUT2D eigenvalue weighted by molar-refractivity contribution is 0.660. The van der Waals surface area contributed by atoms with Gasteiger partial charge in [-0.05, 0) is 76.6 Å². The van der Waals surface area contributed by atoms with Gasteiger partial charge in [0, 0.05) is 16.4 Å². The van der Waals surface area contributed by atoms with Crippen molar-refractivity contribution in [1.82, 2.24) is 4.98 Å². The standard InChI is InChI=1S/C29H25N/c1-29(2)23-9-5-3-7-20(23)21-14-13-19(16-24(21)29)28-27-18-12-11-17(15-18)26(27)22-8-4-6-10-25(22)30-28/h3-10,13-14,16-18H,11-12,15H2,1-2H3. The maximum Gasteiger partial charge on any atom is 0.0747 e. The van der Waals surface area contributed by atoms with E-state index in [-0.39, 0.29) is 5.41 Å². The molecule has 3 aromatic carbocycles. The first-order valence-electron chi connectivity index (χ1n) is 11.3. The molecule has 1 saturated carbocycles. The molecule has 0 spiro atoms. The number of para-hydroxylation sites is 1. The van der Waals surface area contributed by atoms with Crippen molar-refractivity contribution in [2.45, 2.75) is 50.4 Å². The average Bonchev–Trinajstić information content (AvgIpc) is 3.46. The molecule has 1 nitrogen and oxygen atoms in total. The van der Waals surface area contributed by atoms with Gasteiger partial charge in [0.2, 0.25) is 0 Å². The predicted molar refractivity (Wildman–Crippen MR) is 124 cm³/mol. The first-order valence-corrected chi connectivity index (χ1v) is 11.3. The summed E-state index contributed by atoms with van der Waals surface area (Å²) in [6.07, 6.45) is 3.99. The summed E-state index contributed by atoms with van der Waals surface area (Å²) in [6, 6.07) is 24.8. The molecule has 1 aromatic heterocycles. The van der Waals surface area contributed by atoms with Gasteiger partial charge in [0.05, 0.1) is 11.2 Å². The van der Waals surface area contributed by atoms with E-state index in [2.05, 4.69) is 80.6 Å². The van der Waals surface area contributed by atoms with Crippen LogP contribution in [-0.2, 0) is 5.41 Å². The molecule has 2 atom stereocenters. The lowest BCUT2D eigenvalue weighted by atomic mass is 9.81. The summed E-state index contributed by atoms with van der Waals surface area (Å²) in [5.74, 6) is 1.42. The van der Waals surface area contributed by atoms with E-state index in [0.717, 1.165) is 11.4 Å². The van der Waals surface area contributed by atoms with E-state index >= 15 is 0 Å². The second-order valence-corrected chi connectivity index (χ2v) is 9.94. The van der Waals surface area contributed by atoms with Crippen molar-refractivity contribution in [3.8, 4) is 22.4 Å². The Labute approximate surface area is 177 Å². The van der Waals surface area contributed by atoms with E-state index in [1.807, 2.05) is 0 Å². The summed E-state index contributed by atoms with van der Waals surface area (Å²) in [5, 5.41) is 1.39. The molecule has 3 aliphatic carbocycles. The fourth-order valence-electron chi connectivity index (χ4n) is 6.68. The molecule has 0 aliphatic heterocycles. The second kappa shape index (κ2) is 5.60. The van der Waals surface area contributed by atoms with Crippen molar-refractivity contribution in [3.05, 3.63) is 89.0 Å². The maximum absolute atomic E-state index is 5.26. The van der Waals surface area contributed by atoms with Crippen molar-refractivity contribution in [3.63, 3.8) is 0 Å². The van der Waals surface area contributed by atoms with Crippen LogP contribution in [0.15, 0.2) is 66.7 Å². The molecule has 1 heterocycles. The Balaban J connectivity index is 1.50. The van der Waals surface area contributed by atoms with Crippen molar-refractivity contribution in [1.29, 1.82) is 0 Å². The Kier molecular flexibility index (Phi) is 3.14. The van der Waals surface area contributed by atoms with Gasteiger partial charge in [-0.1, -0.05) is 68.4 Å². The van der Waals surface area contributed by atoms with E-state index in [1.54, 1.807) is 11.1 Å². The van der Waals surface area contributed by atoms with Gasteiger partial charge in [0.1, 0.15) is 0 Å². The van der Waals surface area contributed by atoms with Crippen LogP contribution in [0.1, 0.15) is 67.2 Å². The van der Waals surface area contributed by atoms with E-state index < -0.39 is 0 Å². The lowest BCUT2D eigenvalue weighted by Gasteiger charge is -2.24. The van der Waals surface area contributed by atoms with Crippen LogP contribution in [0.5, 0.6) is 0 Å². The summed E-state index contributed by atoms with van der Waals surface area (Å²) in [7, 11) is 0. The number of rotatable bonds is 1. The highest BCUT2D eigenvalue weighted by atomic mass is 14.7. The van der Waals surface area contributed by atoms with Crippen molar-refractivity contribution in [2.75, 3.05) is 0 Å². The van der Waals surface area contributed by atoms with E-state index in [9.17, 15) is 0 Å². The van der Waals surface area contributed by atoms with Crippen LogP contribution in [0.3, 0.4) is 0 Å². The highest BCUT2D eigenvalue weighted by Crippen LogP contribution is 2.57. The van der Waals surface area contributed by atoms with Crippen molar-refractivity contribution in [2.24, 2.45) is 0 Å². The molecule has 0 radical (unpaired) electrons. The summed E-state index contributed by atoms with van der Waals surface area (Å²) in [5.41, 5.74) is 12.5. The monoisotopic (exact) mass is 387 g/mol. The fourth-order valence-corrected chi connectivity index (χ4v) is 6.68. The van der Waals surface area contributed by atoms with Crippen LogP contribution >= 0.6 is 0 Å². The molecular formula is C29H25N. The number of fused-ring (bicyclic) bond motifs is 10. The Morgan fingerprint density at radius 3 is 2.40 bits per heavy atom. The Hall–Kier alpha value is -2.93. The Morgan fingerprint density at radius 2 is 1.50 bits per heavy atom. The molecule has 0 amide bonds. The Morgan fingerprint density at radius 1 is 0.767 bits per heavy atom. The van der Waals surface area contributed by atoms with Crippen molar-refractivity contribution < 1.29 is 0 Å². The zero-order valence-corrected chi connectivity index (χ0v) is 17.6. The van der Waals surface area contributed by atoms with Crippen LogP contribution in [-0.4, -0.2) is 4.98 Å². The Bertz CT molecular complexity index is 1360. The van der Waals surface area contributed by atoms with Crippen LogP contribution in [0.2, 0.25) is 0 Å². The van der Waals surface area contributed by atoms with Gasteiger partial charge in [-0.2, -0.15) is 0 Å². The second-order valence-electron chi connectivity index (χ2n) is 9.94. The average molecular weight is 388 g/mol. The molecule has 1 heteroatoms. The topological polar surface area (TPSA) is 12.9 Å². The summed E-state index contributed by atoms with van der Waals surface area (Å²) < 4.78 is 0. The number of pyridine rings is 1. The highest BCUT2D eigenvalue weighted by molar-refractivity contribution is 5.90. The molecule has 0 saturated heterocycles. The van der Waals surface area contributed by atoms with Gasteiger partial charge in [-0.25, -0.2) is 4.98 Å². The third-order valence-electron chi connectivity index (χ3n) is 8.08. The zero-order chi connectivity index (χ0) is 20.0. The third-order valence-corrected chi connectivity index (χ3v) is 8.08. The molecule has 1 fully saturated rings. The quantitative estimate of drug-likeness (QED) is 0.328. The summed E-state index contributed by atoms with van der Waals surface area (Å²) >= 11 is 0. The van der Waals surface area contributed by atoms with E-state index in [0.29, 0.717) is 5.92 Å². The summed E-state index contributed by atoms with van der Waals surface area (Å²) in [6.45, 7) is 4.73. The molecule has 146 valence electrons. The molecule has 7 rings (SSSR count). The fraction of sp³-hybridized carbons (Fsp3) is 0.276. The minimum absolute atomic E-state index is 0.0287. The molecule has 2 unspecified atom stereocenters. The highest BCUT2D eigenvalue weighted by Gasteiger charge is 2.41. The molecule has 0 N–H and O–H groups in total. The lowest BCUT2D eigenvalue weighted by Crippen LogP contribution is -2.15. The number of hydrogen-bond donors (Lipinski definition) is 0. The third kappa shape index (κ3) is 2.01. The number of benzene rings is 3. The number of hydrogen-bond acceptors (Lipinski definition) is 1. The van der Waals surface area contributed by atoms with Crippen molar-refractivity contribution >= 4 is 10.9 Å². The molecule has 3 aliphatic rings. The zero-order valence-electron chi connectivity index (χ0n) is 17.6. The van der Waals surface area contributed by atoms with Gasteiger partial charge >= 0.3 is 0 Å². The maximum atomic E-state index is 5.26. The largest absolute Gasteiger partial charge is 0.247 e. The van der Waals surface area contributed by atoms with Crippen LogP contribution in [0.4, 0.5) is 0 Å². The number of aromatic nitrogens is 1. The molecule has 30 heavy (non-hydrogen) atoms. The number of nitrogens with zero attached hydrogens (tertiary/aromatic N) is 1. The smallest absolute Gasteiger partial charge is 0.0747 e. The van der Waals surface area contributed by atoms with Gasteiger partial charge in [0.15, 0.2) is 0 Å². The summed E-state index contributed by atoms with van der Waals surface area (Å²) in [4.78, 5) is 5.26. The normalized spacial score (nSPS) is 22.2. The van der Waals surface area contributed by atoms with Gasteiger partial charge < -0.3 is 0 Å². The van der Waals surface area contributed by atoms with Gasteiger partial charge in [-0.15, -0.1) is 0 Å². The first-order chi connectivity index (χ1) is 14.6. The van der Waals surface area contributed by atoms with E-state index in [1.165, 1.54) is 58.2 Å². The SMILES string of the molecule is CC1(C)c2ccccc2-c2ccc(-c3nc4ccccc4c4c3C3CCC4C3)cc21. The van der Waals surface area contributed by atoms with Gasteiger partial charge in [0.25, 0.3) is 0 Å². The molecular weight excluding hydrogens is 362 g/mol. The predicted octanol–water partition coefficient (Wildman–Crippen LogP) is 7.57. The van der Waals surface area contributed by atoms with Crippen LogP contribution < -0.4 is 0 Å². The van der Waals surface area contributed by atoms with Gasteiger partial charge in [-0.3, -0.25) is 0 Å². The first kappa shape index (κ1) is 16.8. The minimum Gasteiger partial charge on any atom is -0.247 e. The molecule has 4 aromatic rings.